The minimum atomic E-state index is -0.727. The van der Waals surface area contributed by atoms with Crippen molar-refractivity contribution in [2.24, 2.45) is 0 Å². The molecule has 2 heteroatoms. The predicted octanol–water partition coefficient (Wildman–Crippen LogP) is 7.72. The first kappa shape index (κ1) is 23.5. The lowest BCUT2D eigenvalue weighted by Gasteiger charge is -2.10. The molecule has 166 valence electrons. The highest BCUT2D eigenvalue weighted by atomic mass is 16.4. The zero-order valence-electron chi connectivity index (χ0n) is 19.1. The quantitative estimate of drug-likeness (QED) is 0.373. The van der Waals surface area contributed by atoms with Crippen LogP contribution in [0.4, 0.5) is 0 Å². The van der Waals surface area contributed by atoms with Crippen LogP contribution in [0.5, 0.6) is 0 Å². The molecule has 2 aromatic carbocycles. The first-order valence-electron chi connectivity index (χ1n) is 11.7. The van der Waals surface area contributed by atoms with Gasteiger partial charge in [0.15, 0.2) is 0 Å². The molecule has 1 aliphatic rings. The van der Waals surface area contributed by atoms with Crippen LogP contribution >= 0.6 is 0 Å². The number of carboxylic acids is 1. The smallest absolute Gasteiger partial charge is 0.303 e. The Bertz CT molecular complexity index is 989. The lowest BCUT2D eigenvalue weighted by atomic mass is 9.95. The van der Waals surface area contributed by atoms with Crippen molar-refractivity contribution in [3.8, 4) is 0 Å². The Morgan fingerprint density at radius 2 is 1.69 bits per heavy atom. The van der Waals surface area contributed by atoms with E-state index in [-0.39, 0.29) is 6.42 Å². The monoisotopic (exact) mass is 426 g/mol. The van der Waals surface area contributed by atoms with Crippen LogP contribution in [0, 0.1) is 0 Å². The van der Waals surface area contributed by atoms with Gasteiger partial charge in [0.2, 0.25) is 0 Å². The van der Waals surface area contributed by atoms with E-state index >= 15 is 0 Å². The summed E-state index contributed by atoms with van der Waals surface area (Å²) >= 11 is 0. The van der Waals surface area contributed by atoms with Crippen molar-refractivity contribution in [3.05, 3.63) is 113 Å². The molecule has 2 nitrogen and oxygen atoms in total. The lowest BCUT2D eigenvalue weighted by Crippen LogP contribution is -1.96. The zero-order chi connectivity index (χ0) is 22.6. The molecule has 0 saturated carbocycles. The third-order valence-corrected chi connectivity index (χ3v) is 5.93. The van der Waals surface area contributed by atoms with E-state index in [0.717, 1.165) is 25.7 Å². The second kappa shape index (κ2) is 12.7. The SMILES string of the molecule is C/C(=C\C=C(/Cc1ccc(CCCC(=O)O)cc1)c1ccccc1)CCC1=CC=CCC1. The van der Waals surface area contributed by atoms with E-state index in [4.69, 9.17) is 5.11 Å². The van der Waals surface area contributed by atoms with Crippen molar-refractivity contribution < 1.29 is 9.90 Å². The van der Waals surface area contributed by atoms with Crippen LogP contribution in [0.2, 0.25) is 0 Å². The number of carbonyl (C=O) groups is 1. The highest BCUT2D eigenvalue weighted by Gasteiger charge is 2.05. The van der Waals surface area contributed by atoms with E-state index in [1.807, 2.05) is 0 Å². The van der Waals surface area contributed by atoms with E-state index in [0.29, 0.717) is 6.42 Å². The molecule has 0 unspecified atom stereocenters. The molecular weight excluding hydrogens is 392 g/mol. The highest BCUT2D eigenvalue weighted by Crippen LogP contribution is 2.23. The molecular formula is C30H34O2. The Kier molecular flexibility index (Phi) is 9.31. The van der Waals surface area contributed by atoms with Gasteiger partial charge in [0.25, 0.3) is 0 Å². The van der Waals surface area contributed by atoms with Crippen molar-refractivity contribution >= 4 is 11.5 Å². The molecule has 0 aromatic heterocycles. The summed E-state index contributed by atoms with van der Waals surface area (Å²) in [5.41, 5.74) is 7.99. The first-order chi connectivity index (χ1) is 15.6. The molecule has 32 heavy (non-hydrogen) atoms. The zero-order valence-corrected chi connectivity index (χ0v) is 19.1. The van der Waals surface area contributed by atoms with Crippen molar-refractivity contribution in [1.29, 1.82) is 0 Å². The van der Waals surface area contributed by atoms with Gasteiger partial charge in [-0.2, -0.15) is 0 Å². The van der Waals surface area contributed by atoms with Crippen LogP contribution in [0.25, 0.3) is 5.57 Å². The average molecular weight is 427 g/mol. The van der Waals surface area contributed by atoms with Gasteiger partial charge >= 0.3 is 5.97 Å². The molecule has 0 amide bonds. The fourth-order valence-corrected chi connectivity index (χ4v) is 3.94. The van der Waals surface area contributed by atoms with Crippen LogP contribution < -0.4 is 0 Å². The Morgan fingerprint density at radius 3 is 2.38 bits per heavy atom. The largest absolute Gasteiger partial charge is 0.481 e. The number of hydrogen-bond acceptors (Lipinski definition) is 1. The maximum Gasteiger partial charge on any atom is 0.303 e. The summed E-state index contributed by atoms with van der Waals surface area (Å²) in [4.78, 5) is 10.7. The number of aryl methyl sites for hydroxylation is 1. The third kappa shape index (κ3) is 8.19. The van der Waals surface area contributed by atoms with E-state index < -0.39 is 5.97 Å². The Hall–Kier alpha value is -3.13. The Labute approximate surface area is 192 Å². The van der Waals surface area contributed by atoms with Crippen molar-refractivity contribution in [1.82, 2.24) is 0 Å². The molecule has 0 atom stereocenters. The van der Waals surface area contributed by atoms with Crippen LogP contribution in [0.1, 0.15) is 62.1 Å². The van der Waals surface area contributed by atoms with Gasteiger partial charge in [-0.3, -0.25) is 4.79 Å². The van der Waals surface area contributed by atoms with Gasteiger partial charge < -0.3 is 5.11 Å². The third-order valence-electron chi connectivity index (χ3n) is 5.93. The van der Waals surface area contributed by atoms with Gasteiger partial charge in [-0.05, 0) is 74.1 Å². The molecule has 0 heterocycles. The second-order valence-electron chi connectivity index (χ2n) is 8.60. The maximum absolute atomic E-state index is 10.7. The topological polar surface area (TPSA) is 37.3 Å². The Morgan fingerprint density at radius 1 is 0.938 bits per heavy atom. The highest BCUT2D eigenvalue weighted by molar-refractivity contribution is 5.69. The number of rotatable bonds is 11. The van der Waals surface area contributed by atoms with Gasteiger partial charge in [-0.25, -0.2) is 0 Å². The molecule has 0 radical (unpaired) electrons. The second-order valence-corrected chi connectivity index (χ2v) is 8.60. The maximum atomic E-state index is 10.7. The number of aliphatic carboxylic acids is 1. The van der Waals surface area contributed by atoms with E-state index in [1.54, 1.807) is 5.57 Å². The van der Waals surface area contributed by atoms with Gasteiger partial charge in [-0.15, -0.1) is 0 Å². The summed E-state index contributed by atoms with van der Waals surface area (Å²) in [6.45, 7) is 2.23. The van der Waals surface area contributed by atoms with Crippen molar-refractivity contribution in [2.75, 3.05) is 0 Å². The summed E-state index contributed by atoms with van der Waals surface area (Å²) < 4.78 is 0. The van der Waals surface area contributed by atoms with E-state index in [9.17, 15) is 4.79 Å². The molecule has 3 rings (SSSR count). The van der Waals surface area contributed by atoms with Crippen LogP contribution in [0.3, 0.4) is 0 Å². The molecule has 1 N–H and O–H groups in total. The fraction of sp³-hybridized carbons (Fsp3) is 0.300. The first-order valence-corrected chi connectivity index (χ1v) is 11.7. The molecule has 0 aliphatic heterocycles. The number of hydrogen-bond donors (Lipinski definition) is 1. The average Bonchev–Trinajstić information content (AvgIpc) is 2.82. The standard InChI is InChI=1S/C30H34O2/c1-24(15-17-25-9-4-2-5-10-25)16-22-29(28-12-6-3-7-13-28)23-27-20-18-26(19-21-27)11-8-14-30(31)32/h2-4,6-7,9,12-13,16,18-22H,5,8,10-11,14-15,17,23H2,1H3,(H,31,32)/b24-16+,29-22+. The minimum Gasteiger partial charge on any atom is -0.481 e. The summed E-state index contributed by atoms with van der Waals surface area (Å²) in [5.74, 6) is -0.727. The summed E-state index contributed by atoms with van der Waals surface area (Å²) in [6.07, 6.45) is 18.5. The van der Waals surface area contributed by atoms with E-state index in [2.05, 4.69) is 91.9 Å². The molecule has 2 aromatic rings. The van der Waals surface area contributed by atoms with Crippen LogP contribution in [-0.2, 0) is 17.6 Å². The number of allylic oxidation sites excluding steroid dienone is 8. The molecule has 0 saturated heterocycles. The van der Waals surface area contributed by atoms with Crippen LogP contribution in [0.15, 0.2) is 96.1 Å². The normalized spacial score (nSPS) is 14.3. The van der Waals surface area contributed by atoms with Gasteiger partial charge in [0.05, 0.1) is 0 Å². The molecule has 0 spiro atoms. The Balaban J connectivity index is 1.67. The summed E-state index contributed by atoms with van der Waals surface area (Å²) in [7, 11) is 0. The fourth-order valence-electron chi connectivity index (χ4n) is 3.94. The summed E-state index contributed by atoms with van der Waals surface area (Å²) in [6, 6.07) is 19.2. The van der Waals surface area contributed by atoms with E-state index in [1.165, 1.54) is 40.7 Å². The number of carboxylic acid groups (broad SMARTS) is 1. The number of benzene rings is 2. The molecule has 0 bridgehead atoms. The predicted molar refractivity (Wildman–Crippen MR) is 135 cm³/mol. The molecule has 1 aliphatic carbocycles. The van der Waals surface area contributed by atoms with Gasteiger partial charge in [0, 0.05) is 6.42 Å². The summed E-state index contributed by atoms with van der Waals surface area (Å²) in [5, 5.41) is 8.82. The van der Waals surface area contributed by atoms with Gasteiger partial charge in [-0.1, -0.05) is 96.1 Å². The van der Waals surface area contributed by atoms with Crippen LogP contribution in [-0.4, -0.2) is 11.1 Å². The molecule has 0 fully saturated rings. The van der Waals surface area contributed by atoms with Crippen molar-refractivity contribution in [2.45, 2.75) is 58.3 Å². The minimum absolute atomic E-state index is 0.225. The van der Waals surface area contributed by atoms with Crippen molar-refractivity contribution in [3.63, 3.8) is 0 Å². The lowest BCUT2D eigenvalue weighted by molar-refractivity contribution is -0.137. The van der Waals surface area contributed by atoms with Gasteiger partial charge in [0.1, 0.15) is 0 Å².